The maximum atomic E-state index is 14.3. The maximum Gasteiger partial charge on any atom is 0.269 e. The molecule has 0 saturated carbocycles. The van der Waals surface area contributed by atoms with E-state index in [-0.39, 0.29) is 39.1 Å². The summed E-state index contributed by atoms with van der Waals surface area (Å²) >= 11 is 2.84. The van der Waals surface area contributed by atoms with Crippen LogP contribution in [0.3, 0.4) is 0 Å². The first-order chi connectivity index (χ1) is 18.7. The van der Waals surface area contributed by atoms with E-state index in [1.165, 1.54) is 18.3 Å². The molecule has 1 fully saturated rings. The number of carbonyl (C=O) groups is 1. The third-order valence-electron chi connectivity index (χ3n) is 6.78. The largest absolute Gasteiger partial charge is 0.396 e. The fraction of sp³-hybridized carbons (Fsp3) is 0.280. The molecule has 5 rings (SSSR count). The van der Waals surface area contributed by atoms with Crippen LogP contribution in [0.25, 0.3) is 16.9 Å². The molecule has 3 heterocycles. The first-order valence-corrected chi connectivity index (χ1v) is 12.9. The van der Waals surface area contributed by atoms with Gasteiger partial charge in [-0.05, 0) is 53.4 Å². The highest BCUT2D eigenvalue weighted by atomic mass is 79.9. The monoisotopic (exact) mass is 600 g/mol. The zero-order chi connectivity index (χ0) is 27.8. The Hall–Kier alpha value is -4.20. The number of nitro groups is 1. The van der Waals surface area contributed by atoms with E-state index in [9.17, 15) is 23.7 Å². The summed E-state index contributed by atoms with van der Waals surface area (Å²) < 4.78 is 31.2. The summed E-state index contributed by atoms with van der Waals surface area (Å²) in [5.41, 5.74) is 7.64. The zero-order valence-electron chi connectivity index (χ0n) is 20.7. The summed E-state index contributed by atoms with van der Waals surface area (Å²) in [4.78, 5) is 25.8. The molecule has 0 radical (unpaired) electrons. The lowest BCUT2D eigenvalue weighted by Crippen LogP contribution is -2.41. The zero-order valence-corrected chi connectivity index (χ0v) is 22.3. The number of halogens is 3. The van der Waals surface area contributed by atoms with Gasteiger partial charge in [-0.1, -0.05) is 12.1 Å². The third kappa shape index (κ3) is 4.87. The van der Waals surface area contributed by atoms with Crippen molar-refractivity contribution in [1.29, 1.82) is 0 Å². The van der Waals surface area contributed by atoms with Crippen LogP contribution in [0.15, 0.2) is 47.2 Å². The number of aromatic nitrogens is 5. The topological polar surface area (TPSA) is 138 Å². The van der Waals surface area contributed by atoms with Crippen molar-refractivity contribution in [3.63, 3.8) is 0 Å². The maximum absolute atomic E-state index is 14.3. The lowest BCUT2D eigenvalue weighted by atomic mass is 10.0. The van der Waals surface area contributed by atoms with Crippen LogP contribution in [-0.2, 0) is 6.42 Å². The van der Waals surface area contributed by atoms with Crippen LogP contribution in [0.2, 0.25) is 0 Å². The Kier molecular flexibility index (Phi) is 7.12. The first kappa shape index (κ1) is 26.4. The van der Waals surface area contributed by atoms with E-state index in [0.29, 0.717) is 42.9 Å². The second-order valence-electron chi connectivity index (χ2n) is 9.12. The van der Waals surface area contributed by atoms with Crippen LogP contribution in [-0.4, -0.2) is 53.6 Å². The van der Waals surface area contributed by atoms with E-state index >= 15 is 0 Å². The number of nitrogen functional groups attached to an aromatic ring is 1. The molecule has 4 aromatic rings. The summed E-state index contributed by atoms with van der Waals surface area (Å²) in [6.07, 6.45) is 5.05. The molecule has 1 aliphatic heterocycles. The Morgan fingerprint density at radius 1 is 1.28 bits per heavy atom. The Labute approximate surface area is 229 Å². The van der Waals surface area contributed by atoms with Crippen LogP contribution in [0.5, 0.6) is 0 Å². The predicted octanol–water partition coefficient (Wildman–Crippen LogP) is 4.70. The Morgan fingerprint density at radius 3 is 2.72 bits per heavy atom. The van der Waals surface area contributed by atoms with Crippen LogP contribution in [0.4, 0.5) is 20.2 Å². The van der Waals surface area contributed by atoms with E-state index < -0.39 is 16.6 Å². The summed E-state index contributed by atoms with van der Waals surface area (Å²) in [7, 11) is 0. The molecule has 1 unspecified atom stereocenters. The Bertz CT molecular complexity index is 1570. The number of hydrogen-bond acceptors (Lipinski definition) is 7. The van der Waals surface area contributed by atoms with Crippen molar-refractivity contribution >= 4 is 33.2 Å². The SMILES string of the molecule is CCc1c(C(=O)N2CCCC(n3cc(-c4cc(F)c(Br)c(F)c4N)nn3)C2)cnn1-c1ccc([N+](=O)[O-])cc1. The fourth-order valence-electron chi connectivity index (χ4n) is 4.76. The molecule has 39 heavy (non-hydrogen) atoms. The van der Waals surface area contributed by atoms with Gasteiger partial charge in [-0.3, -0.25) is 14.9 Å². The fourth-order valence-corrected chi connectivity index (χ4v) is 5.08. The van der Waals surface area contributed by atoms with Crippen molar-refractivity contribution in [3.8, 4) is 16.9 Å². The summed E-state index contributed by atoms with van der Waals surface area (Å²) in [6.45, 7) is 2.80. The molecule has 0 aliphatic carbocycles. The molecular formula is C25H23BrF2N8O3. The highest BCUT2D eigenvalue weighted by molar-refractivity contribution is 9.10. The summed E-state index contributed by atoms with van der Waals surface area (Å²) in [5.74, 6) is -1.90. The van der Waals surface area contributed by atoms with Crippen molar-refractivity contribution in [2.75, 3.05) is 18.8 Å². The van der Waals surface area contributed by atoms with Crippen molar-refractivity contribution in [1.82, 2.24) is 29.7 Å². The number of amides is 1. The minimum atomic E-state index is -0.907. The van der Waals surface area contributed by atoms with Gasteiger partial charge in [0.15, 0.2) is 5.82 Å². The molecule has 14 heteroatoms. The number of benzene rings is 2. The van der Waals surface area contributed by atoms with E-state index in [1.807, 2.05) is 6.92 Å². The first-order valence-electron chi connectivity index (χ1n) is 12.2. The summed E-state index contributed by atoms with van der Waals surface area (Å²) in [5, 5.41) is 23.6. The molecule has 0 spiro atoms. The molecule has 2 aromatic carbocycles. The van der Waals surface area contributed by atoms with Crippen LogP contribution >= 0.6 is 15.9 Å². The number of piperidine rings is 1. The number of carbonyl (C=O) groups excluding carboxylic acids is 1. The number of nitrogens with two attached hydrogens (primary N) is 1. The van der Waals surface area contributed by atoms with Gasteiger partial charge in [0.25, 0.3) is 11.6 Å². The highest BCUT2D eigenvalue weighted by Gasteiger charge is 2.29. The quantitative estimate of drug-likeness (QED) is 0.146. The average Bonchev–Trinajstić information content (AvgIpc) is 3.61. The normalized spacial score (nSPS) is 15.5. The number of hydrogen-bond donors (Lipinski definition) is 1. The third-order valence-corrected chi connectivity index (χ3v) is 7.51. The van der Waals surface area contributed by atoms with Gasteiger partial charge in [-0.2, -0.15) is 5.10 Å². The van der Waals surface area contributed by atoms with Crippen molar-refractivity contribution in [2.45, 2.75) is 32.2 Å². The second kappa shape index (κ2) is 10.5. The molecule has 202 valence electrons. The molecule has 1 atom stereocenters. The van der Waals surface area contributed by atoms with Gasteiger partial charge in [-0.25, -0.2) is 18.1 Å². The Balaban J connectivity index is 1.36. The van der Waals surface area contributed by atoms with Gasteiger partial charge in [0, 0.05) is 30.8 Å². The van der Waals surface area contributed by atoms with Gasteiger partial charge in [0.05, 0.1) is 50.5 Å². The summed E-state index contributed by atoms with van der Waals surface area (Å²) in [6, 6.07) is 6.86. The smallest absolute Gasteiger partial charge is 0.269 e. The van der Waals surface area contributed by atoms with Gasteiger partial charge < -0.3 is 10.6 Å². The molecule has 2 aromatic heterocycles. The van der Waals surface area contributed by atoms with E-state index in [1.54, 1.807) is 32.6 Å². The molecule has 11 nitrogen and oxygen atoms in total. The molecule has 1 aliphatic rings. The van der Waals surface area contributed by atoms with Gasteiger partial charge in [0.2, 0.25) is 0 Å². The number of anilines is 1. The van der Waals surface area contributed by atoms with Gasteiger partial charge >= 0.3 is 0 Å². The molecular weight excluding hydrogens is 578 g/mol. The number of likely N-dealkylation sites (tertiary alicyclic amines) is 1. The number of non-ortho nitro benzene ring substituents is 1. The number of rotatable bonds is 6. The predicted molar refractivity (Wildman–Crippen MR) is 141 cm³/mol. The van der Waals surface area contributed by atoms with Crippen LogP contribution in [0, 0.1) is 21.7 Å². The van der Waals surface area contributed by atoms with Crippen LogP contribution < -0.4 is 5.73 Å². The van der Waals surface area contributed by atoms with Crippen molar-refractivity contribution in [2.24, 2.45) is 0 Å². The van der Waals surface area contributed by atoms with Gasteiger partial charge in [0.1, 0.15) is 11.5 Å². The lowest BCUT2D eigenvalue weighted by Gasteiger charge is -2.32. The van der Waals surface area contributed by atoms with E-state index in [4.69, 9.17) is 5.73 Å². The van der Waals surface area contributed by atoms with Crippen molar-refractivity contribution in [3.05, 3.63) is 80.2 Å². The molecule has 1 saturated heterocycles. The number of nitro benzene ring substituents is 1. The second-order valence-corrected chi connectivity index (χ2v) is 9.92. The molecule has 2 N–H and O–H groups in total. The van der Waals surface area contributed by atoms with E-state index in [0.717, 1.165) is 12.5 Å². The molecule has 0 bridgehead atoms. The minimum Gasteiger partial charge on any atom is -0.396 e. The highest BCUT2D eigenvalue weighted by Crippen LogP contribution is 2.34. The van der Waals surface area contributed by atoms with E-state index in [2.05, 4.69) is 31.3 Å². The van der Waals surface area contributed by atoms with Gasteiger partial charge in [-0.15, -0.1) is 5.10 Å². The van der Waals surface area contributed by atoms with Crippen LogP contribution in [0.1, 0.15) is 41.9 Å². The average molecular weight is 601 g/mol. The Morgan fingerprint density at radius 2 is 2.03 bits per heavy atom. The molecule has 1 amide bonds. The standard InChI is InChI=1S/C25H23BrF2N8O3/c1-2-21-18(11-30-35(21)14-5-7-15(8-6-14)36(38)39)25(37)33-9-3-4-16(12-33)34-13-20(31-32-34)17-10-19(27)22(26)23(28)24(17)29/h5-8,10-11,13,16H,2-4,9,12,29H2,1H3. The number of nitrogens with zero attached hydrogens (tertiary/aromatic N) is 7. The van der Waals surface area contributed by atoms with Crippen molar-refractivity contribution < 1.29 is 18.5 Å². The minimum absolute atomic E-state index is 0.0334. The lowest BCUT2D eigenvalue weighted by molar-refractivity contribution is -0.384.